The molecule has 0 unspecified atom stereocenters. The zero-order valence-electron chi connectivity index (χ0n) is 12.5. The maximum atomic E-state index is 12.5. The van der Waals surface area contributed by atoms with Crippen molar-refractivity contribution in [1.82, 2.24) is 5.43 Å². The number of hydrogen-bond donors (Lipinski definition) is 2. The molecule has 9 heteroatoms. The van der Waals surface area contributed by atoms with Crippen LogP contribution in [0.5, 0.6) is 5.75 Å². The van der Waals surface area contributed by atoms with E-state index in [1.807, 2.05) is 0 Å². The Kier molecular flexibility index (Phi) is 4.24. The van der Waals surface area contributed by atoms with Gasteiger partial charge in [0.15, 0.2) is 5.75 Å². The van der Waals surface area contributed by atoms with Gasteiger partial charge in [0.25, 0.3) is 11.8 Å². The number of benzene rings is 2. The fraction of sp³-hybridized carbons (Fsp3) is 0. The summed E-state index contributed by atoms with van der Waals surface area (Å²) in [6.07, 6.45) is 1.24. The zero-order valence-corrected chi connectivity index (χ0v) is 14.1. The van der Waals surface area contributed by atoms with Gasteiger partial charge in [-0.1, -0.05) is 22.0 Å². The van der Waals surface area contributed by atoms with Crippen molar-refractivity contribution in [1.29, 1.82) is 0 Å². The molecule has 1 heterocycles. The third-order valence-electron chi connectivity index (χ3n) is 3.48. The van der Waals surface area contributed by atoms with E-state index in [9.17, 15) is 24.8 Å². The third-order valence-corrected chi connectivity index (χ3v) is 4.01. The topological polar surface area (TPSA) is 113 Å². The highest BCUT2D eigenvalue weighted by atomic mass is 79.9. The van der Waals surface area contributed by atoms with Gasteiger partial charge in [0, 0.05) is 10.5 Å². The molecule has 0 spiro atoms. The fourth-order valence-electron chi connectivity index (χ4n) is 2.27. The number of phenolic OH excluding ortho intramolecular Hbond substituents is 1. The molecule has 0 radical (unpaired) electrons. The molecule has 0 aromatic heterocycles. The molecule has 0 atom stereocenters. The molecule has 1 saturated heterocycles. The first-order chi connectivity index (χ1) is 11.9. The predicted molar refractivity (Wildman–Crippen MR) is 92.5 cm³/mol. The highest BCUT2D eigenvalue weighted by Gasteiger charge is 2.34. The largest absolute Gasteiger partial charge is 0.502 e. The Morgan fingerprint density at radius 1 is 1.16 bits per heavy atom. The van der Waals surface area contributed by atoms with Gasteiger partial charge in [-0.15, -0.1) is 0 Å². The molecule has 8 nitrogen and oxygen atoms in total. The SMILES string of the molecule is O=C1NN(c2ccc(Br)cc2)C(=O)/C1=C\c1ccc(O)c([N+](=O)[O-])c1. The Labute approximate surface area is 149 Å². The number of rotatable bonds is 3. The van der Waals surface area contributed by atoms with E-state index in [1.165, 1.54) is 12.1 Å². The van der Waals surface area contributed by atoms with Crippen LogP contribution in [0.15, 0.2) is 52.5 Å². The highest BCUT2D eigenvalue weighted by molar-refractivity contribution is 9.10. The molecule has 126 valence electrons. The van der Waals surface area contributed by atoms with Gasteiger partial charge in [-0.3, -0.25) is 25.1 Å². The lowest BCUT2D eigenvalue weighted by molar-refractivity contribution is -0.385. The lowest BCUT2D eigenvalue weighted by Crippen LogP contribution is -2.35. The van der Waals surface area contributed by atoms with E-state index in [-0.39, 0.29) is 11.1 Å². The van der Waals surface area contributed by atoms with Crippen LogP contribution in [-0.2, 0) is 9.59 Å². The molecule has 25 heavy (non-hydrogen) atoms. The van der Waals surface area contributed by atoms with Gasteiger partial charge in [0.2, 0.25) is 0 Å². The maximum Gasteiger partial charge on any atom is 0.311 e. The second kappa shape index (κ2) is 6.36. The van der Waals surface area contributed by atoms with Gasteiger partial charge in [0.1, 0.15) is 5.57 Å². The van der Waals surface area contributed by atoms with Crippen LogP contribution in [0.4, 0.5) is 11.4 Å². The number of nitro groups is 1. The van der Waals surface area contributed by atoms with Crippen molar-refractivity contribution < 1.29 is 19.6 Å². The number of carbonyl (C=O) groups is 2. The first kappa shape index (κ1) is 16.7. The van der Waals surface area contributed by atoms with Crippen LogP contribution in [0.3, 0.4) is 0 Å². The number of nitrogens with one attached hydrogen (secondary N) is 1. The van der Waals surface area contributed by atoms with Gasteiger partial charge < -0.3 is 5.11 Å². The summed E-state index contributed by atoms with van der Waals surface area (Å²) in [7, 11) is 0. The number of hydrazine groups is 1. The number of carbonyl (C=O) groups excluding carboxylic acids is 2. The second-order valence-electron chi connectivity index (χ2n) is 5.12. The molecule has 1 fully saturated rings. The molecule has 1 aliphatic rings. The Morgan fingerprint density at radius 2 is 1.84 bits per heavy atom. The number of amides is 2. The van der Waals surface area contributed by atoms with Crippen LogP contribution >= 0.6 is 15.9 Å². The van der Waals surface area contributed by atoms with Crippen LogP contribution < -0.4 is 10.4 Å². The van der Waals surface area contributed by atoms with Crippen LogP contribution in [-0.4, -0.2) is 21.8 Å². The fourth-order valence-corrected chi connectivity index (χ4v) is 2.54. The van der Waals surface area contributed by atoms with Crippen molar-refractivity contribution in [3.63, 3.8) is 0 Å². The van der Waals surface area contributed by atoms with Gasteiger partial charge in [-0.05, 0) is 42.0 Å². The quantitative estimate of drug-likeness (QED) is 0.353. The average Bonchev–Trinajstić information content (AvgIpc) is 2.85. The second-order valence-corrected chi connectivity index (χ2v) is 6.04. The Hall–Kier alpha value is -3.20. The number of aromatic hydroxyl groups is 1. The lowest BCUT2D eigenvalue weighted by Gasteiger charge is -2.14. The summed E-state index contributed by atoms with van der Waals surface area (Å²) in [5.41, 5.74) is 2.49. The number of anilines is 1. The average molecular weight is 404 g/mol. The summed E-state index contributed by atoms with van der Waals surface area (Å²) in [4.78, 5) is 34.7. The van der Waals surface area contributed by atoms with E-state index in [0.717, 1.165) is 21.6 Å². The van der Waals surface area contributed by atoms with Crippen LogP contribution in [0, 0.1) is 10.1 Å². The van der Waals surface area contributed by atoms with Crippen LogP contribution in [0.1, 0.15) is 5.56 Å². The smallest absolute Gasteiger partial charge is 0.311 e. The van der Waals surface area contributed by atoms with Gasteiger partial charge in [-0.2, -0.15) is 0 Å². The van der Waals surface area contributed by atoms with Crippen molar-refractivity contribution in [2.75, 3.05) is 5.01 Å². The van der Waals surface area contributed by atoms with E-state index in [4.69, 9.17) is 0 Å². The Bertz CT molecular complexity index is 924. The van der Waals surface area contributed by atoms with E-state index in [0.29, 0.717) is 5.69 Å². The van der Waals surface area contributed by atoms with Crippen molar-refractivity contribution in [2.45, 2.75) is 0 Å². The first-order valence-corrected chi connectivity index (χ1v) is 7.76. The number of nitrogens with zero attached hydrogens (tertiary/aromatic N) is 2. The van der Waals surface area contributed by atoms with Gasteiger partial charge in [-0.25, -0.2) is 5.01 Å². The van der Waals surface area contributed by atoms with Crippen LogP contribution in [0.25, 0.3) is 6.08 Å². The summed E-state index contributed by atoms with van der Waals surface area (Å²) in [5.74, 6) is -1.70. The maximum absolute atomic E-state index is 12.5. The standard InChI is InChI=1S/C16H10BrN3O5/c17-10-2-4-11(5-3-10)19-16(23)12(15(22)18-19)7-9-1-6-14(21)13(8-9)20(24)25/h1-8,21H,(H,18,22)/b12-7-. The summed E-state index contributed by atoms with van der Waals surface area (Å²) in [6, 6.07) is 10.3. The molecule has 3 rings (SSSR count). The summed E-state index contributed by atoms with van der Waals surface area (Å²) < 4.78 is 0.821. The summed E-state index contributed by atoms with van der Waals surface area (Å²) in [6.45, 7) is 0. The monoisotopic (exact) mass is 403 g/mol. The van der Waals surface area contributed by atoms with Crippen molar-refractivity contribution in [3.05, 3.63) is 68.2 Å². The van der Waals surface area contributed by atoms with E-state index in [2.05, 4.69) is 21.4 Å². The number of nitro benzene ring substituents is 1. The first-order valence-electron chi connectivity index (χ1n) is 6.97. The third kappa shape index (κ3) is 3.22. The lowest BCUT2D eigenvalue weighted by atomic mass is 10.1. The Morgan fingerprint density at radius 3 is 2.48 bits per heavy atom. The molecule has 2 aromatic carbocycles. The van der Waals surface area contributed by atoms with E-state index in [1.54, 1.807) is 24.3 Å². The number of hydrogen-bond acceptors (Lipinski definition) is 5. The predicted octanol–water partition coefficient (Wildman–Crippen LogP) is 2.52. The van der Waals surface area contributed by atoms with Gasteiger partial charge in [0.05, 0.1) is 10.6 Å². The minimum absolute atomic E-state index is 0.164. The van der Waals surface area contributed by atoms with Crippen LogP contribution in [0.2, 0.25) is 0 Å². The molecule has 2 amide bonds. The molecular weight excluding hydrogens is 394 g/mol. The normalized spacial score (nSPS) is 15.6. The highest BCUT2D eigenvalue weighted by Crippen LogP contribution is 2.28. The summed E-state index contributed by atoms with van der Waals surface area (Å²) >= 11 is 3.28. The van der Waals surface area contributed by atoms with Gasteiger partial charge >= 0.3 is 5.69 Å². The van der Waals surface area contributed by atoms with Crippen molar-refractivity contribution in [3.8, 4) is 5.75 Å². The van der Waals surface area contributed by atoms with Crippen molar-refractivity contribution >= 4 is 45.2 Å². The molecule has 0 saturated carbocycles. The molecule has 1 aliphatic heterocycles. The molecule has 0 aliphatic carbocycles. The van der Waals surface area contributed by atoms with Crippen molar-refractivity contribution in [2.24, 2.45) is 0 Å². The zero-order chi connectivity index (χ0) is 18.1. The number of halogens is 1. The molecule has 0 bridgehead atoms. The molecule has 2 aromatic rings. The van der Waals surface area contributed by atoms with E-state index >= 15 is 0 Å². The van der Waals surface area contributed by atoms with E-state index < -0.39 is 28.2 Å². The molecular formula is C16H10BrN3O5. The minimum Gasteiger partial charge on any atom is -0.502 e. The summed E-state index contributed by atoms with van der Waals surface area (Å²) in [5, 5.41) is 21.4. The minimum atomic E-state index is -0.748. The Balaban J connectivity index is 1.95. The molecule has 2 N–H and O–H groups in total. The number of phenols is 1.